The van der Waals surface area contributed by atoms with Crippen molar-refractivity contribution in [3.8, 4) is 12.1 Å². The molecule has 0 spiro atoms. The number of β-amino-alcohol motifs (C(OH)–C–C–N with tert-alkyl or cyclic N) is 1. The van der Waals surface area contributed by atoms with Gasteiger partial charge in [0.2, 0.25) is 17.8 Å². The number of hydrogen-bond acceptors (Lipinski definition) is 11. The van der Waals surface area contributed by atoms with Gasteiger partial charge in [-0.1, -0.05) is 11.6 Å². The summed E-state index contributed by atoms with van der Waals surface area (Å²) in [5.41, 5.74) is 2.28. The van der Waals surface area contributed by atoms with E-state index in [4.69, 9.17) is 11.6 Å². The smallest absolute Gasteiger partial charge is 0.232 e. The molecule has 3 fully saturated rings. The zero-order valence-corrected chi connectivity index (χ0v) is 23.5. The predicted octanol–water partition coefficient (Wildman–Crippen LogP) is 1.94. The third kappa shape index (κ3) is 5.20. The molecular weight excluding hydrogens is 546 g/mol. The largest absolute Gasteiger partial charge is 0.390 e. The third-order valence-corrected chi connectivity index (χ3v) is 8.37. The quantitative estimate of drug-likeness (QED) is 0.394. The first-order valence-electron chi connectivity index (χ1n) is 13.6. The molecule has 13 nitrogen and oxygen atoms in total. The molecule has 1 aliphatic carbocycles. The minimum absolute atomic E-state index is 0.0218. The van der Waals surface area contributed by atoms with Crippen molar-refractivity contribution < 1.29 is 9.90 Å². The molecule has 14 heteroatoms. The van der Waals surface area contributed by atoms with E-state index in [1.54, 1.807) is 17.0 Å². The molecule has 3 aromatic rings. The molecule has 3 N–H and O–H groups in total. The highest BCUT2D eigenvalue weighted by molar-refractivity contribution is 6.36. The van der Waals surface area contributed by atoms with Crippen LogP contribution in [0.3, 0.4) is 0 Å². The summed E-state index contributed by atoms with van der Waals surface area (Å²) in [7, 11) is 0. The first-order valence-corrected chi connectivity index (χ1v) is 14.0. The number of carbonyl (C=O) groups excluding carboxylic acids is 1. The number of nitrogens with one attached hydrogen (secondary N) is 2. The van der Waals surface area contributed by atoms with Crippen molar-refractivity contribution in [3.05, 3.63) is 34.5 Å². The number of nitriles is 2. The Hall–Kier alpha value is -4.17. The van der Waals surface area contributed by atoms with Crippen molar-refractivity contribution in [2.24, 2.45) is 0 Å². The van der Waals surface area contributed by atoms with Crippen LogP contribution in [-0.4, -0.2) is 97.3 Å². The number of hydrogen-bond donors (Lipinski definition) is 3. The molecular formula is C27H30ClN11O2. The van der Waals surface area contributed by atoms with Crippen LogP contribution in [0.5, 0.6) is 0 Å². The molecule has 4 heterocycles. The molecule has 212 valence electrons. The van der Waals surface area contributed by atoms with E-state index in [1.165, 1.54) is 17.6 Å². The topological polar surface area (TPSA) is 162 Å². The maximum Gasteiger partial charge on any atom is 0.232 e. The minimum atomic E-state index is -0.590. The van der Waals surface area contributed by atoms with E-state index in [1.807, 2.05) is 0 Å². The monoisotopic (exact) mass is 575 g/mol. The highest BCUT2D eigenvalue weighted by atomic mass is 35.5. The Morgan fingerprint density at radius 1 is 1.15 bits per heavy atom. The number of likely N-dealkylation sites (tertiary alicyclic amines) is 1. The van der Waals surface area contributed by atoms with Gasteiger partial charge in [0.1, 0.15) is 11.6 Å². The number of rotatable bonds is 6. The Labute approximate surface area is 241 Å². The number of fused-ring (bicyclic) bond motifs is 1. The van der Waals surface area contributed by atoms with Gasteiger partial charge in [0.15, 0.2) is 5.65 Å². The van der Waals surface area contributed by atoms with E-state index in [2.05, 4.69) is 54.6 Å². The van der Waals surface area contributed by atoms with Crippen LogP contribution in [0.4, 0.5) is 23.3 Å². The molecule has 2 aromatic heterocycles. The molecule has 2 aliphatic heterocycles. The first kappa shape index (κ1) is 27.0. The summed E-state index contributed by atoms with van der Waals surface area (Å²) in [4.78, 5) is 27.0. The SMILES string of the molecule is CC(=O)N1C[C@@H](O)[C@H](N2CCN(c3cc(C#N)cc(Nc4nc(NC5CC5)n5ncc(C#N)c5n4)c3Cl)[C@@H](C)C2)C1. The summed E-state index contributed by atoms with van der Waals surface area (Å²) < 4.78 is 1.51. The molecule has 1 aromatic carbocycles. The van der Waals surface area contributed by atoms with Crippen LogP contribution in [-0.2, 0) is 4.79 Å². The Morgan fingerprint density at radius 3 is 2.61 bits per heavy atom. The lowest BCUT2D eigenvalue weighted by Gasteiger charge is -2.44. The highest BCUT2D eigenvalue weighted by Gasteiger charge is 2.39. The number of anilines is 4. The summed E-state index contributed by atoms with van der Waals surface area (Å²) in [6.45, 7) is 6.41. The van der Waals surface area contributed by atoms with Crippen molar-refractivity contribution >= 4 is 46.4 Å². The molecule has 3 aliphatic rings. The standard InChI is InChI=1S/C27H30ClN11O2/c1-15-12-36(22-13-37(16(2)40)14-23(22)41)5-6-38(15)21-8-17(9-29)7-20(24(21)28)33-26-34-25-18(10-30)11-31-39(25)27(35-26)32-19-3-4-19/h7-8,11,15,19,22-23,41H,3-6,12-14H2,1-2H3,(H2,32,33,34,35)/t15-,22+,23+/m0/s1. The van der Waals surface area contributed by atoms with Gasteiger partial charge in [-0.05, 0) is 31.9 Å². The van der Waals surface area contributed by atoms with Gasteiger partial charge in [-0.3, -0.25) is 9.69 Å². The summed E-state index contributed by atoms with van der Waals surface area (Å²) in [5, 5.41) is 41.2. The van der Waals surface area contributed by atoms with E-state index in [0.717, 1.165) is 12.8 Å². The number of aliphatic hydroxyl groups is 1. The zero-order valence-electron chi connectivity index (χ0n) is 22.7. The summed E-state index contributed by atoms with van der Waals surface area (Å²) >= 11 is 6.96. The molecule has 1 saturated carbocycles. The minimum Gasteiger partial charge on any atom is -0.390 e. The van der Waals surface area contributed by atoms with Crippen LogP contribution >= 0.6 is 11.6 Å². The van der Waals surface area contributed by atoms with E-state index in [-0.39, 0.29) is 23.9 Å². The first-order chi connectivity index (χ1) is 19.7. The Morgan fingerprint density at radius 2 is 1.95 bits per heavy atom. The number of piperazine rings is 1. The number of carbonyl (C=O) groups is 1. The Bertz CT molecular complexity index is 1590. The summed E-state index contributed by atoms with van der Waals surface area (Å²) in [6.07, 6.45) is 2.92. The number of aromatic nitrogens is 4. The van der Waals surface area contributed by atoms with Crippen LogP contribution in [0.2, 0.25) is 5.02 Å². The van der Waals surface area contributed by atoms with E-state index in [9.17, 15) is 20.4 Å². The maximum absolute atomic E-state index is 11.8. The molecule has 1 amide bonds. The van der Waals surface area contributed by atoms with Gasteiger partial charge >= 0.3 is 0 Å². The number of benzene rings is 1. The van der Waals surface area contributed by atoms with Gasteiger partial charge < -0.3 is 25.5 Å². The van der Waals surface area contributed by atoms with Gasteiger partial charge in [0.05, 0.1) is 46.4 Å². The van der Waals surface area contributed by atoms with E-state index >= 15 is 0 Å². The second-order valence-corrected chi connectivity index (χ2v) is 11.3. The van der Waals surface area contributed by atoms with Gasteiger partial charge in [-0.2, -0.15) is 30.1 Å². The number of aliphatic hydroxyl groups excluding tert-OH is 1. The fraction of sp³-hybridized carbons (Fsp3) is 0.481. The van der Waals surface area contributed by atoms with Gasteiger partial charge in [-0.15, -0.1) is 0 Å². The number of amides is 1. The lowest BCUT2D eigenvalue weighted by molar-refractivity contribution is -0.128. The average molecular weight is 576 g/mol. The zero-order chi connectivity index (χ0) is 28.8. The number of halogens is 1. The fourth-order valence-electron chi connectivity index (χ4n) is 5.64. The predicted molar refractivity (Wildman–Crippen MR) is 152 cm³/mol. The van der Waals surface area contributed by atoms with Crippen LogP contribution in [0.1, 0.15) is 37.8 Å². The van der Waals surface area contributed by atoms with Crippen molar-refractivity contribution in [2.45, 2.75) is 50.9 Å². The van der Waals surface area contributed by atoms with Crippen LogP contribution < -0.4 is 15.5 Å². The summed E-state index contributed by atoms with van der Waals surface area (Å²) in [6, 6.07) is 7.97. The van der Waals surface area contributed by atoms with E-state index in [0.29, 0.717) is 77.9 Å². The maximum atomic E-state index is 11.8. The second-order valence-electron chi connectivity index (χ2n) is 10.9. The molecule has 41 heavy (non-hydrogen) atoms. The molecule has 0 radical (unpaired) electrons. The second kappa shape index (κ2) is 10.7. The number of nitrogens with zero attached hydrogens (tertiary/aromatic N) is 9. The Balaban J connectivity index is 1.27. The van der Waals surface area contributed by atoms with Crippen LogP contribution in [0, 0.1) is 22.7 Å². The average Bonchev–Trinajstić information content (AvgIpc) is 3.52. The summed E-state index contributed by atoms with van der Waals surface area (Å²) in [5.74, 6) is 0.661. The van der Waals surface area contributed by atoms with Crippen LogP contribution in [0.25, 0.3) is 5.65 Å². The Kier molecular flexibility index (Phi) is 7.03. The van der Waals surface area contributed by atoms with E-state index < -0.39 is 6.10 Å². The van der Waals surface area contributed by atoms with Crippen molar-refractivity contribution in [3.63, 3.8) is 0 Å². The van der Waals surface area contributed by atoms with Crippen molar-refractivity contribution in [1.82, 2.24) is 29.4 Å². The third-order valence-electron chi connectivity index (χ3n) is 7.97. The lowest BCUT2D eigenvalue weighted by Crippen LogP contribution is -2.57. The van der Waals surface area contributed by atoms with Crippen LogP contribution in [0.15, 0.2) is 18.3 Å². The molecule has 0 unspecified atom stereocenters. The van der Waals surface area contributed by atoms with Crippen molar-refractivity contribution in [2.75, 3.05) is 48.3 Å². The van der Waals surface area contributed by atoms with Gasteiger partial charge in [0, 0.05) is 51.7 Å². The molecule has 2 saturated heterocycles. The molecule has 3 atom stereocenters. The highest BCUT2D eigenvalue weighted by Crippen LogP contribution is 2.38. The van der Waals surface area contributed by atoms with Gasteiger partial charge in [0.25, 0.3) is 0 Å². The normalized spacial score (nSPS) is 22.9. The van der Waals surface area contributed by atoms with Crippen molar-refractivity contribution in [1.29, 1.82) is 10.5 Å². The lowest BCUT2D eigenvalue weighted by atomic mass is 10.1. The fourth-order valence-corrected chi connectivity index (χ4v) is 5.91. The molecule has 6 rings (SSSR count). The van der Waals surface area contributed by atoms with Gasteiger partial charge in [-0.25, -0.2) is 0 Å². The molecule has 0 bridgehead atoms.